The zero-order chi connectivity index (χ0) is 7.84. The van der Waals surface area contributed by atoms with Crippen molar-refractivity contribution in [2.75, 3.05) is 0 Å². The third-order valence-corrected chi connectivity index (χ3v) is 2.98. The van der Waals surface area contributed by atoms with Crippen molar-refractivity contribution >= 4 is 5.71 Å². The molecule has 0 spiro atoms. The van der Waals surface area contributed by atoms with E-state index in [0.717, 1.165) is 12.1 Å². The first-order valence-corrected chi connectivity index (χ1v) is 4.58. The summed E-state index contributed by atoms with van der Waals surface area (Å²) in [7, 11) is 0. The van der Waals surface area contributed by atoms with Crippen molar-refractivity contribution in [2.24, 2.45) is 5.92 Å². The molecule has 2 rings (SSSR count). The van der Waals surface area contributed by atoms with Gasteiger partial charge in [0.25, 0.3) is 0 Å². The lowest BCUT2D eigenvalue weighted by Gasteiger charge is -2.15. The zero-order valence-electron chi connectivity index (χ0n) is 7.11. The molecule has 1 nitrogen and oxygen atoms in total. The van der Waals surface area contributed by atoms with Crippen molar-refractivity contribution in [1.29, 1.82) is 5.41 Å². The molecule has 2 aliphatic carbocycles. The second-order valence-corrected chi connectivity index (χ2v) is 3.79. The topological polar surface area (TPSA) is 23.9 Å². The highest BCUT2D eigenvalue weighted by Gasteiger charge is 2.27. The molecule has 60 valence electrons. The fraction of sp³-hybridized carbons (Fsp3) is 0.700. The first-order chi connectivity index (χ1) is 5.29. The predicted octanol–water partition coefficient (Wildman–Crippen LogP) is 2.92. The first kappa shape index (κ1) is 7.08. The Balaban J connectivity index is 2.32. The van der Waals surface area contributed by atoms with Gasteiger partial charge < -0.3 is 5.41 Å². The van der Waals surface area contributed by atoms with E-state index in [4.69, 9.17) is 5.41 Å². The summed E-state index contributed by atoms with van der Waals surface area (Å²) in [5.41, 5.74) is 3.97. The Morgan fingerprint density at radius 1 is 1.27 bits per heavy atom. The van der Waals surface area contributed by atoms with E-state index in [1.54, 1.807) is 5.57 Å². The third-order valence-electron chi connectivity index (χ3n) is 2.98. The first-order valence-electron chi connectivity index (χ1n) is 4.58. The van der Waals surface area contributed by atoms with Gasteiger partial charge in [0.05, 0.1) is 0 Å². The molecule has 1 unspecified atom stereocenters. The van der Waals surface area contributed by atoms with Crippen molar-refractivity contribution in [3.8, 4) is 0 Å². The summed E-state index contributed by atoms with van der Waals surface area (Å²) in [6, 6.07) is 0. The molecule has 0 saturated carbocycles. The van der Waals surface area contributed by atoms with Crippen LogP contribution in [0, 0.1) is 11.3 Å². The Hall–Kier alpha value is -0.590. The van der Waals surface area contributed by atoms with E-state index in [-0.39, 0.29) is 0 Å². The van der Waals surface area contributed by atoms with Crippen molar-refractivity contribution in [3.05, 3.63) is 11.1 Å². The Morgan fingerprint density at radius 2 is 2.00 bits per heavy atom. The molecule has 2 aliphatic rings. The minimum atomic E-state index is 0.692. The van der Waals surface area contributed by atoms with Crippen molar-refractivity contribution in [3.63, 3.8) is 0 Å². The van der Waals surface area contributed by atoms with E-state index in [1.807, 2.05) is 0 Å². The molecule has 1 N–H and O–H groups in total. The van der Waals surface area contributed by atoms with Crippen LogP contribution in [0.1, 0.15) is 39.0 Å². The van der Waals surface area contributed by atoms with Gasteiger partial charge in [-0.25, -0.2) is 0 Å². The molecule has 11 heavy (non-hydrogen) atoms. The number of hydrogen-bond donors (Lipinski definition) is 1. The lowest BCUT2D eigenvalue weighted by atomic mass is 9.90. The van der Waals surface area contributed by atoms with Gasteiger partial charge >= 0.3 is 0 Å². The second kappa shape index (κ2) is 2.47. The van der Waals surface area contributed by atoms with Crippen LogP contribution in [0.4, 0.5) is 0 Å². The average molecular weight is 149 g/mol. The number of allylic oxidation sites excluding steroid dienone is 2. The van der Waals surface area contributed by atoms with Gasteiger partial charge in [0, 0.05) is 5.71 Å². The molecule has 0 aromatic rings. The van der Waals surface area contributed by atoms with Gasteiger partial charge in [-0.3, -0.25) is 0 Å². The Bertz CT molecular complexity index is 225. The summed E-state index contributed by atoms with van der Waals surface area (Å²) in [6.45, 7) is 2.27. The maximum atomic E-state index is 7.75. The standard InChI is InChI=1S/C10H15N/c1-7-6-10(11)9-5-3-2-4-8(7)9/h7,11H,2-6H2,1H3. The summed E-state index contributed by atoms with van der Waals surface area (Å²) < 4.78 is 0. The molecule has 0 fully saturated rings. The molecule has 0 aromatic carbocycles. The third kappa shape index (κ3) is 1.03. The van der Waals surface area contributed by atoms with Crippen LogP contribution in [0.5, 0.6) is 0 Å². The second-order valence-electron chi connectivity index (χ2n) is 3.79. The van der Waals surface area contributed by atoms with Crippen LogP contribution >= 0.6 is 0 Å². The van der Waals surface area contributed by atoms with Crippen LogP contribution in [-0.4, -0.2) is 5.71 Å². The molecule has 0 aromatic heterocycles. The fourth-order valence-corrected chi connectivity index (χ4v) is 2.37. The summed E-state index contributed by atoms with van der Waals surface area (Å²) in [4.78, 5) is 0. The SMILES string of the molecule is CC1CC(=N)C2=C1CCCC2. The quantitative estimate of drug-likeness (QED) is 0.547. The monoisotopic (exact) mass is 149 g/mol. The van der Waals surface area contributed by atoms with Gasteiger partial charge in [0.2, 0.25) is 0 Å². The van der Waals surface area contributed by atoms with Gasteiger partial charge in [0.15, 0.2) is 0 Å². The Labute approximate surface area is 68.0 Å². The van der Waals surface area contributed by atoms with Gasteiger partial charge in [-0.05, 0) is 43.6 Å². The van der Waals surface area contributed by atoms with E-state index in [9.17, 15) is 0 Å². The molecule has 0 bridgehead atoms. The molecule has 0 saturated heterocycles. The van der Waals surface area contributed by atoms with Crippen LogP contribution in [0.15, 0.2) is 11.1 Å². The highest BCUT2D eigenvalue weighted by Crippen LogP contribution is 2.38. The highest BCUT2D eigenvalue weighted by atomic mass is 14.5. The van der Waals surface area contributed by atoms with Crippen molar-refractivity contribution in [2.45, 2.75) is 39.0 Å². The molecular weight excluding hydrogens is 134 g/mol. The summed E-state index contributed by atoms with van der Waals surface area (Å²) >= 11 is 0. The maximum absolute atomic E-state index is 7.75. The van der Waals surface area contributed by atoms with E-state index >= 15 is 0 Å². The van der Waals surface area contributed by atoms with E-state index < -0.39 is 0 Å². The molecule has 1 atom stereocenters. The number of hydrogen-bond acceptors (Lipinski definition) is 1. The number of nitrogens with one attached hydrogen (secondary N) is 1. The van der Waals surface area contributed by atoms with Gasteiger partial charge in [-0.15, -0.1) is 0 Å². The summed E-state index contributed by atoms with van der Waals surface area (Å²) in [5, 5.41) is 7.75. The minimum absolute atomic E-state index is 0.692. The normalized spacial score (nSPS) is 31.0. The minimum Gasteiger partial charge on any atom is -0.305 e. The van der Waals surface area contributed by atoms with Crippen LogP contribution in [0.25, 0.3) is 0 Å². The van der Waals surface area contributed by atoms with Crippen LogP contribution < -0.4 is 0 Å². The predicted molar refractivity (Wildman–Crippen MR) is 47.0 cm³/mol. The molecular formula is C10H15N. The van der Waals surface area contributed by atoms with Crippen LogP contribution in [0.3, 0.4) is 0 Å². The van der Waals surface area contributed by atoms with E-state index in [0.29, 0.717) is 5.92 Å². The van der Waals surface area contributed by atoms with Crippen molar-refractivity contribution < 1.29 is 0 Å². The molecule has 0 aliphatic heterocycles. The summed E-state index contributed by atoms with van der Waals surface area (Å²) in [6.07, 6.45) is 6.16. The van der Waals surface area contributed by atoms with Gasteiger partial charge in [-0.2, -0.15) is 0 Å². The summed E-state index contributed by atoms with van der Waals surface area (Å²) in [5.74, 6) is 0.692. The molecule has 0 amide bonds. The zero-order valence-corrected chi connectivity index (χ0v) is 7.11. The maximum Gasteiger partial charge on any atom is 0.0351 e. The Kier molecular flexibility index (Phi) is 1.59. The molecule has 0 radical (unpaired) electrons. The highest BCUT2D eigenvalue weighted by molar-refractivity contribution is 6.01. The van der Waals surface area contributed by atoms with Crippen LogP contribution in [0.2, 0.25) is 0 Å². The average Bonchev–Trinajstić information content (AvgIpc) is 2.30. The van der Waals surface area contributed by atoms with Gasteiger partial charge in [-0.1, -0.05) is 12.5 Å². The van der Waals surface area contributed by atoms with Crippen LogP contribution in [-0.2, 0) is 0 Å². The fourth-order valence-electron chi connectivity index (χ4n) is 2.37. The lowest BCUT2D eigenvalue weighted by molar-refractivity contribution is 0.619. The Morgan fingerprint density at radius 3 is 2.73 bits per heavy atom. The molecule has 1 heteroatoms. The van der Waals surface area contributed by atoms with Gasteiger partial charge in [0.1, 0.15) is 0 Å². The van der Waals surface area contributed by atoms with E-state index in [2.05, 4.69) is 6.92 Å². The van der Waals surface area contributed by atoms with Crippen molar-refractivity contribution in [1.82, 2.24) is 0 Å². The van der Waals surface area contributed by atoms with E-state index in [1.165, 1.54) is 31.3 Å². The lowest BCUT2D eigenvalue weighted by Crippen LogP contribution is -2.00. The number of rotatable bonds is 0. The largest absolute Gasteiger partial charge is 0.305 e. The smallest absolute Gasteiger partial charge is 0.0351 e. The molecule has 0 heterocycles.